The van der Waals surface area contributed by atoms with Crippen molar-refractivity contribution in [1.29, 1.82) is 0 Å². The summed E-state index contributed by atoms with van der Waals surface area (Å²) in [6.07, 6.45) is 0. The Morgan fingerprint density at radius 1 is 1.28 bits per heavy atom. The molecule has 2 N–H and O–H groups in total. The van der Waals surface area contributed by atoms with E-state index in [0.29, 0.717) is 12.3 Å². The Morgan fingerprint density at radius 3 is 2.33 bits per heavy atom. The number of rotatable bonds is 8. The van der Waals surface area contributed by atoms with E-state index < -0.39 is 15.9 Å². The maximum atomic E-state index is 10.2. The number of nitrogens with one attached hydrogen (secondary N) is 2. The van der Waals surface area contributed by atoms with Gasteiger partial charge in [-0.05, 0) is 12.2 Å². The predicted octanol–water partition coefficient (Wildman–Crippen LogP) is -8.12. The molecule has 0 rings (SSSR count). The Labute approximate surface area is 159 Å². The van der Waals surface area contributed by atoms with Crippen LogP contribution in [0.3, 0.4) is 0 Å². The van der Waals surface area contributed by atoms with E-state index in [9.17, 15) is 18.2 Å². The molecular weight excluding hydrogens is 326 g/mol. The molecule has 0 aromatic carbocycles. The van der Waals surface area contributed by atoms with E-state index in [0.717, 1.165) is 12.0 Å². The van der Waals surface area contributed by atoms with Crippen LogP contribution in [-0.4, -0.2) is 42.7 Å². The third-order valence-corrected chi connectivity index (χ3v) is 2.70. The van der Waals surface area contributed by atoms with E-state index in [1.165, 1.54) is 0 Å². The largest absolute Gasteiger partial charge is 1.00 e. The molecular formula is C5H10N2Na2O6S3. The van der Waals surface area contributed by atoms with Crippen molar-refractivity contribution in [1.82, 2.24) is 10.6 Å². The van der Waals surface area contributed by atoms with Gasteiger partial charge in [-0.15, -0.1) is 0 Å². The first-order valence-corrected chi connectivity index (χ1v) is 6.88. The maximum absolute atomic E-state index is 10.2. The van der Waals surface area contributed by atoms with Crippen LogP contribution in [0.4, 0.5) is 0 Å². The van der Waals surface area contributed by atoms with Crippen molar-refractivity contribution >= 4 is 39.5 Å². The summed E-state index contributed by atoms with van der Waals surface area (Å²) in [6.45, 7) is 0.342. The molecule has 0 unspecified atom stereocenters. The van der Waals surface area contributed by atoms with Crippen LogP contribution in [-0.2, 0) is 19.5 Å². The smallest absolute Gasteiger partial charge is 0.748 e. The summed E-state index contributed by atoms with van der Waals surface area (Å²) in [5.41, 5.74) is 0. The van der Waals surface area contributed by atoms with Gasteiger partial charge in [-0.1, -0.05) is 0 Å². The first-order chi connectivity index (χ1) is 7.45. The van der Waals surface area contributed by atoms with Crippen molar-refractivity contribution in [2.45, 2.75) is 0 Å². The standard InChI is InChI=1S/C5H12N2O6S3.2Na/c8-12-13-15-3-1-6-5(14)7-2-4-16(9,10)11;;/h8H,1-4H2,(H2,6,7,14)(H,9,10,11);;/q;2*+1/p-2. The molecule has 0 saturated carbocycles. The molecule has 0 fully saturated rings. The van der Waals surface area contributed by atoms with Crippen LogP contribution in [0, 0.1) is 0 Å². The first-order valence-electron chi connectivity index (χ1n) is 3.99. The number of hydrogen-bond acceptors (Lipinski definition) is 8. The van der Waals surface area contributed by atoms with Crippen molar-refractivity contribution in [2.24, 2.45) is 0 Å². The van der Waals surface area contributed by atoms with E-state index in [4.69, 9.17) is 12.2 Å². The van der Waals surface area contributed by atoms with Crippen LogP contribution >= 0.6 is 24.3 Å². The second-order valence-electron chi connectivity index (χ2n) is 2.40. The van der Waals surface area contributed by atoms with Gasteiger partial charge in [0, 0.05) is 30.9 Å². The molecule has 0 bridgehead atoms. The molecule has 0 aliphatic rings. The molecule has 0 spiro atoms. The van der Waals surface area contributed by atoms with Gasteiger partial charge in [0.25, 0.3) is 0 Å². The number of thiocarbonyl (C=S) groups is 1. The average Bonchev–Trinajstić information content (AvgIpc) is 2.15. The summed E-state index contributed by atoms with van der Waals surface area (Å²) in [5.74, 6) is -0.124. The zero-order valence-corrected chi connectivity index (χ0v) is 16.5. The molecule has 0 amide bonds. The molecule has 0 aliphatic heterocycles. The van der Waals surface area contributed by atoms with Gasteiger partial charge in [-0.25, -0.2) is 8.42 Å². The summed E-state index contributed by atoms with van der Waals surface area (Å²) >= 11 is 5.55. The minimum absolute atomic E-state index is 0. The topological polar surface area (TPSA) is 123 Å². The van der Waals surface area contributed by atoms with Crippen molar-refractivity contribution < 1.29 is 86.7 Å². The molecule has 8 nitrogen and oxygen atoms in total. The normalized spacial score (nSPS) is 9.89. The maximum Gasteiger partial charge on any atom is 1.00 e. The van der Waals surface area contributed by atoms with Gasteiger partial charge in [0.1, 0.15) is 0 Å². The fourth-order valence-electron chi connectivity index (χ4n) is 0.612. The van der Waals surface area contributed by atoms with E-state index in [-0.39, 0.29) is 70.8 Å². The summed E-state index contributed by atoms with van der Waals surface area (Å²) in [4.78, 5) is 0. The first kappa shape index (κ1) is 24.8. The summed E-state index contributed by atoms with van der Waals surface area (Å²) in [5, 5.41) is 17.9. The molecule has 0 aliphatic carbocycles. The molecule has 0 aromatic heterocycles. The van der Waals surface area contributed by atoms with Gasteiger partial charge in [-0.2, -0.15) is 4.33 Å². The SMILES string of the molecule is O=S(=O)([O-])CCNC(=S)NCCSOO[O-].[Na+].[Na+]. The fraction of sp³-hybridized carbons (Fsp3) is 0.800. The Hall–Kier alpha value is 1.83. The van der Waals surface area contributed by atoms with Crippen molar-refractivity contribution in [3.8, 4) is 0 Å². The number of hydrogen-bond donors (Lipinski definition) is 2. The Kier molecular flexibility index (Phi) is 21.0. The van der Waals surface area contributed by atoms with Crippen LogP contribution < -0.4 is 75.0 Å². The molecule has 13 heteroatoms. The second-order valence-corrected chi connectivity index (χ2v) is 5.11. The van der Waals surface area contributed by atoms with Crippen LogP contribution in [0.2, 0.25) is 0 Å². The quantitative estimate of drug-likeness (QED) is 0.0840. The predicted molar refractivity (Wildman–Crippen MR) is 57.8 cm³/mol. The third kappa shape index (κ3) is 20.2. The summed E-state index contributed by atoms with van der Waals surface area (Å²) in [7, 11) is -4.23. The van der Waals surface area contributed by atoms with Gasteiger partial charge in [-0.3, -0.25) is 5.04 Å². The van der Waals surface area contributed by atoms with E-state index >= 15 is 0 Å². The average molecular weight is 336 g/mol. The monoisotopic (exact) mass is 336 g/mol. The molecule has 18 heavy (non-hydrogen) atoms. The molecule has 96 valence electrons. The Bertz CT molecular complexity index is 304. The van der Waals surface area contributed by atoms with Gasteiger partial charge in [0.05, 0.1) is 15.9 Å². The van der Waals surface area contributed by atoms with Crippen LogP contribution in [0.1, 0.15) is 0 Å². The summed E-state index contributed by atoms with van der Waals surface area (Å²) in [6, 6.07) is 0. The zero-order valence-electron chi connectivity index (χ0n) is 10.0. The third-order valence-electron chi connectivity index (χ3n) is 1.18. The van der Waals surface area contributed by atoms with Gasteiger partial charge >= 0.3 is 59.1 Å². The van der Waals surface area contributed by atoms with Crippen LogP contribution in [0.25, 0.3) is 0 Å². The summed E-state index contributed by atoms with van der Waals surface area (Å²) < 4.78 is 34.6. The molecule has 0 atom stereocenters. The minimum atomic E-state index is -4.23. The van der Waals surface area contributed by atoms with Gasteiger partial charge < -0.3 is 20.4 Å². The van der Waals surface area contributed by atoms with Crippen LogP contribution in [0.5, 0.6) is 0 Å². The zero-order chi connectivity index (χ0) is 12.4. The van der Waals surface area contributed by atoms with E-state index in [1.54, 1.807) is 0 Å². The molecule has 0 radical (unpaired) electrons. The van der Waals surface area contributed by atoms with Gasteiger partial charge in [0.15, 0.2) is 5.11 Å². The van der Waals surface area contributed by atoms with Gasteiger partial charge in [0.2, 0.25) is 0 Å². The molecule has 0 aromatic rings. The molecule has 0 saturated heterocycles. The minimum Gasteiger partial charge on any atom is -0.748 e. The van der Waals surface area contributed by atoms with E-state index in [1.807, 2.05) is 0 Å². The van der Waals surface area contributed by atoms with Crippen molar-refractivity contribution in [2.75, 3.05) is 24.6 Å². The second kappa shape index (κ2) is 15.2. The Morgan fingerprint density at radius 2 is 1.83 bits per heavy atom. The van der Waals surface area contributed by atoms with E-state index in [2.05, 4.69) is 20.0 Å². The van der Waals surface area contributed by atoms with Crippen molar-refractivity contribution in [3.05, 3.63) is 0 Å². The van der Waals surface area contributed by atoms with Crippen LogP contribution in [0.15, 0.2) is 0 Å². The fourth-order valence-corrected chi connectivity index (χ4v) is 1.46. The Balaban J connectivity index is -0.00000112. The van der Waals surface area contributed by atoms with Crippen molar-refractivity contribution in [3.63, 3.8) is 0 Å². The molecule has 0 heterocycles.